The molecule has 0 fully saturated rings. The van der Waals surface area contributed by atoms with Crippen molar-refractivity contribution in [3.63, 3.8) is 0 Å². The lowest BCUT2D eigenvalue weighted by molar-refractivity contribution is -0.131. The standard InChI is InChI=1S/C27H24ClN3O5/c1-17-4-5-18(2)31(17)21-7-9-22(10-8-21)34-16-23-11-13-26(36-23)27(33)30-29-15-20-6-12-25(24(28)14-20)35-19(3)32/h4-15H,16H2,1-3H3,(H,30,33)/b29-15+. The highest BCUT2D eigenvalue weighted by Gasteiger charge is 2.11. The monoisotopic (exact) mass is 505 g/mol. The Morgan fingerprint density at radius 3 is 2.42 bits per heavy atom. The number of hydrazone groups is 1. The average molecular weight is 506 g/mol. The number of carbonyl (C=O) groups excluding carboxylic acids is 2. The summed E-state index contributed by atoms with van der Waals surface area (Å²) in [6.45, 7) is 5.59. The Hall–Kier alpha value is -4.30. The Labute approximate surface area is 213 Å². The third-order valence-electron chi connectivity index (χ3n) is 5.22. The molecule has 0 aliphatic heterocycles. The summed E-state index contributed by atoms with van der Waals surface area (Å²) in [6.07, 6.45) is 1.41. The minimum Gasteiger partial charge on any atom is -0.486 e. The summed E-state index contributed by atoms with van der Waals surface area (Å²) in [7, 11) is 0. The third-order valence-corrected chi connectivity index (χ3v) is 5.52. The van der Waals surface area contributed by atoms with Crippen molar-refractivity contribution in [2.75, 3.05) is 0 Å². The summed E-state index contributed by atoms with van der Waals surface area (Å²) in [5.41, 5.74) is 6.38. The molecule has 2 aromatic heterocycles. The Morgan fingerprint density at radius 2 is 1.75 bits per heavy atom. The van der Waals surface area contributed by atoms with Crippen LogP contribution in [0.3, 0.4) is 0 Å². The SMILES string of the molecule is CC(=O)Oc1ccc(/C=N/NC(=O)c2ccc(COc3ccc(-n4c(C)ccc4C)cc3)o2)cc1Cl. The molecule has 2 aromatic carbocycles. The van der Waals surface area contributed by atoms with Crippen LogP contribution in [0.4, 0.5) is 0 Å². The van der Waals surface area contributed by atoms with Crippen molar-refractivity contribution >= 4 is 29.7 Å². The minimum absolute atomic E-state index is 0.0999. The first kappa shape index (κ1) is 24.8. The second kappa shape index (κ2) is 11.0. The normalized spacial score (nSPS) is 11.0. The lowest BCUT2D eigenvalue weighted by atomic mass is 10.2. The maximum Gasteiger partial charge on any atom is 0.308 e. The van der Waals surface area contributed by atoms with Crippen LogP contribution in [0.25, 0.3) is 5.69 Å². The van der Waals surface area contributed by atoms with Crippen molar-refractivity contribution < 1.29 is 23.5 Å². The van der Waals surface area contributed by atoms with E-state index in [-0.39, 0.29) is 23.1 Å². The quantitative estimate of drug-likeness (QED) is 0.145. The van der Waals surface area contributed by atoms with E-state index in [0.717, 1.165) is 17.1 Å². The van der Waals surface area contributed by atoms with Crippen LogP contribution >= 0.6 is 11.6 Å². The summed E-state index contributed by atoms with van der Waals surface area (Å²) >= 11 is 6.08. The van der Waals surface area contributed by atoms with E-state index in [2.05, 4.69) is 41.1 Å². The summed E-state index contributed by atoms with van der Waals surface area (Å²) < 4.78 is 18.5. The van der Waals surface area contributed by atoms with Gasteiger partial charge in [-0.25, -0.2) is 5.43 Å². The van der Waals surface area contributed by atoms with Crippen LogP contribution in [0, 0.1) is 13.8 Å². The molecular weight excluding hydrogens is 482 g/mol. The number of nitrogens with zero attached hydrogens (tertiary/aromatic N) is 2. The number of nitrogens with one attached hydrogen (secondary N) is 1. The zero-order chi connectivity index (χ0) is 25.7. The molecule has 2 heterocycles. The van der Waals surface area contributed by atoms with Gasteiger partial charge in [0.15, 0.2) is 5.76 Å². The highest BCUT2D eigenvalue weighted by Crippen LogP contribution is 2.25. The van der Waals surface area contributed by atoms with Gasteiger partial charge >= 0.3 is 11.9 Å². The maximum absolute atomic E-state index is 12.3. The smallest absolute Gasteiger partial charge is 0.308 e. The number of hydrogen-bond donors (Lipinski definition) is 1. The summed E-state index contributed by atoms with van der Waals surface area (Å²) in [4.78, 5) is 23.4. The van der Waals surface area contributed by atoms with Crippen LogP contribution in [0.15, 0.2) is 76.2 Å². The average Bonchev–Trinajstić information content (AvgIpc) is 3.46. The van der Waals surface area contributed by atoms with Gasteiger partial charge in [0.25, 0.3) is 0 Å². The highest BCUT2D eigenvalue weighted by atomic mass is 35.5. The minimum atomic E-state index is -0.512. The molecule has 1 N–H and O–H groups in total. The van der Waals surface area contributed by atoms with Gasteiger partial charge in [-0.15, -0.1) is 0 Å². The Kier molecular flexibility index (Phi) is 7.56. The maximum atomic E-state index is 12.3. The number of hydrogen-bond acceptors (Lipinski definition) is 6. The van der Waals surface area contributed by atoms with Crippen LogP contribution < -0.4 is 14.9 Å². The largest absolute Gasteiger partial charge is 0.486 e. The molecular formula is C27H24ClN3O5. The molecule has 8 nitrogen and oxygen atoms in total. The first-order chi connectivity index (χ1) is 17.3. The second-order valence-electron chi connectivity index (χ2n) is 7.98. The van der Waals surface area contributed by atoms with Crippen molar-refractivity contribution in [1.29, 1.82) is 0 Å². The van der Waals surface area contributed by atoms with E-state index >= 15 is 0 Å². The van der Waals surface area contributed by atoms with E-state index in [0.29, 0.717) is 17.1 Å². The second-order valence-corrected chi connectivity index (χ2v) is 8.39. The molecule has 0 radical (unpaired) electrons. The van der Waals surface area contributed by atoms with Gasteiger partial charge in [-0.1, -0.05) is 11.6 Å². The molecule has 36 heavy (non-hydrogen) atoms. The van der Waals surface area contributed by atoms with Crippen molar-refractivity contribution in [2.45, 2.75) is 27.4 Å². The topological polar surface area (TPSA) is 95.1 Å². The highest BCUT2D eigenvalue weighted by molar-refractivity contribution is 6.32. The van der Waals surface area contributed by atoms with Crippen LogP contribution in [0.2, 0.25) is 5.02 Å². The molecule has 0 bridgehead atoms. The number of rotatable bonds is 8. The van der Waals surface area contributed by atoms with E-state index in [1.807, 2.05) is 24.3 Å². The number of esters is 1. The Balaban J connectivity index is 1.30. The number of halogens is 1. The first-order valence-electron chi connectivity index (χ1n) is 11.1. The summed E-state index contributed by atoms with van der Waals surface area (Å²) in [5.74, 6) is 0.553. The van der Waals surface area contributed by atoms with Crippen molar-refractivity contribution in [2.24, 2.45) is 5.10 Å². The zero-order valence-electron chi connectivity index (χ0n) is 19.9. The molecule has 4 rings (SSSR count). The van der Waals surface area contributed by atoms with E-state index in [9.17, 15) is 9.59 Å². The van der Waals surface area contributed by atoms with Gasteiger partial charge in [-0.2, -0.15) is 5.10 Å². The Bertz CT molecular complexity index is 1400. The van der Waals surface area contributed by atoms with Crippen LogP contribution in [0.1, 0.15) is 40.2 Å². The molecule has 0 unspecified atom stereocenters. The molecule has 0 spiro atoms. The summed E-state index contributed by atoms with van der Waals surface area (Å²) in [5, 5.41) is 4.16. The van der Waals surface area contributed by atoms with E-state index in [4.69, 9.17) is 25.5 Å². The lowest BCUT2D eigenvalue weighted by Gasteiger charge is -2.10. The number of benzene rings is 2. The zero-order valence-corrected chi connectivity index (χ0v) is 20.7. The number of carbonyl (C=O) groups is 2. The van der Waals surface area contributed by atoms with Crippen molar-refractivity contribution in [3.8, 4) is 17.2 Å². The van der Waals surface area contributed by atoms with E-state index in [1.54, 1.807) is 30.3 Å². The molecule has 1 amide bonds. The number of aryl methyl sites for hydroxylation is 2. The predicted molar refractivity (Wildman–Crippen MR) is 136 cm³/mol. The van der Waals surface area contributed by atoms with Crippen molar-refractivity contribution in [1.82, 2.24) is 9.99 Å². The molecule has 9 heteroatoms. The van der Waals surface area contributed by atoms with Crippen LogP contribution in [0.5, 0.6) is 11.5 Å². The molecule has 4 aromatic rings. The first-order valence-corrected chi connectivity index (χ1v) is 11.5. The van der Waals surface area contributed by atoms with Gasteiger partial charge < -0.3 is 18.5 Å². The van der Waals surface area contributed by atoms with Crippen LogP contribution in [-0.4, -0.2) is 22.7 Å². The molecule has 0 saturated carbocycles. The van der Waals surface area contributed by atoms with Gasteiger partial charge in [0.1, 0.15) is 23.9 Å². The predicted octanol–water partition coefficient (Wildman–Crippen LogP) is 5.61. The fourth-order valence-corrected chi connectivity index (χ4v) is 3.78. The fourth-order valence-electron chi connectivity index (χ4n) is 3.55. The third kappa shape index (κ3) is 6.03. The number of amides is 1. The molecule has 0 saturated heterocycles. The summed E-state index contributed by atoms with van der Waals surface area (Å²) in [6, 6.07) is 19.9. The van der Waals surface area contributed by atoms with Crippen molar-refractivity contribution in [3.05, 3.63) is 100 Å². The number of aromatic nitrogens is 1. The van der Waals surface area contributed by atoms with Gasteiger partial charge in [0.2, 0.25) is 0 Å². The van der Waals surface area contributed by atoms with Gasteiger partial charge in [-0.3, -0.25) is 9.59 Å². The lowest BCUT2D eigenvalue weighted by Crippen LogP contribution is -2.16. The number of ether oxygens (including phenoxy) is 2. The fraction of sp³-hybridized carbons (Fsp3) is 0.148. The van der Waals surface area contributed by atoms with Gasteiger partial charge in [0.05, 0.1) is 11.2 Å². The molecule has 184 valence electrons. The number of furan rings is 1. The van der Waals surface area contributed by atoms with Crippen LogP contribution in [-0.2, 0) is 11.4 Å². The molecule has 0 aliphatic carbocycles. The van der Waals surface area contributed by atoms with E-state index in [1.165, 1.54) is 13.1 Å². The Morgan fingerprint density at radius 1 is 1.03 bits per heavy atom. The van der Waals surface area contributed by atoms with Gasteiger partial charge in [-0.05, 0) is 86.1 Å². The molecule has 0 aliphatic rings. The molecule has 0 atom stereocenters. The van der Waals surface area contributed by atoms with E-state index < -0.39 is 11.9 Å². The van der Waals surface area contributed by atoms with Gasteiger partial charge in [0, 0.05) is 24.0 Å².